The largest absolute Gasteiger partial charge is 0.362 e. The summed E-state index contributed by atoms with van der Waals surface area (Å²) >= 11 is 24.1. The number of aryl methyl sites for hydroxylation is 3. The SMILES string of the molecule is Cc1cc(C)n(CCCNC(=S)Nc2nn(Cc3c(Cl)cccc3Cl)cc2Cl)n1. The Balaban J connectivity index is 1.51. The van der Waals surface area contributed by atoms with Gasteiger partial charge in [0.15, 0.2) is 10.9 Å². The van der Waals surface area contributed by atoms with Crippen molar-refractivity contribution in [3.05, 3.63) is 62.5 Å². The predicted molar refractivity (Wildman–Crippen MR) is 123 cm³/mol. The highest BCUT2D eigenvalue weighted by molar-refractivity contribution is 7.80. The molecular weight excluding hydrogens is 451 g/mol. The Hall–Kier alpha value is -1.80. The summed E-state index contributed by atoms with van der Waals surface area (Å²) in [5.74, 6) is 0.478. The van der Waals surface area contributed by atoms with Gasteiger partial charge in [0, 0.05) is 40.6 Å². The molecule has 10 heteroatoms. The zero-order valence-electron chi connectivity index (χ0n) is 16.0. The molecule has 6 nitrogen and oxygen atoms in total. The van der Waals surface area contributed by atoms with Crippen LogP contribution in [0.4, 0.5) is 5.82 Å². The maximum atomic E-state index is 6.29. The van der Waals surface area contributed by atoms with E-state index in [0.717, 1.165) is 29.9 Å². The Bertz CT molecular complexity index is 993. The van der Waals surface area contributed by atoms with Gasteiger partial charge in [-0.3, -0.25) is 9.36 Å². The molecule has 0 aliphatic heterocycles. The second kappa shape index (κ2) is 9.80. The summed E-state index contributed by atoms with van der Waals surface area (Å²) < 4.78 is 3.66. The molecule has 2 heterocycles. The van der Waals surface area contributed by atoms with Crippen LogP contribution in [0.15, 0.2) is 30.5 Å². The molecule has 0 saturated carbocycles. The lowest BCUT2D eigenvalue weighted by Gasteiger charge is -2.10. The second-order valence-electron chi connectivity index (χ2n) is 6.61. The van der Waals surface area contributed by atoms with Crippen molar-refractivity contribution in [3.8, 4) is 0 Å². The number of hydrogen-bond donors (Lipinski definition) is 2. The van der Waals surface area contributed by atoms with Crippen LogP contribution < -0.4 is 10.6 Å². The molecule has 2 aromatic heterocycles. The van der Waals surface area contributed by atoms with Crippen molar-refractivity contribution in [1.82, 2.24) is 24.9 Å². The molecule has 3 aromatic rings. The van der Waals surface area contributed by atoms with Gasteiger partial charge in [-0.05, 0) is 50.7 Å². The van der Waals surface area contributed by atoms with E-state index in [1.54, 1.807) is 29.1 Å². The number of anilines is 1. The zero-order valence-corrected chi connectivity index (χ0v) is 19.1. The summed E-state index contributed by atoms with van der Waals surface area (Å²) in [5.41, 5.74) is 2.96. The van der Waals surface area contributed by atoms with Crippen molar-refractivity contribution >= 4 is 58.0 Å². The lowest BCUT2D eigenvalue weighted by Crippen LogP contribution is -2.30. The third-order valence-electron chi connectivity index (χ3n) is 4.27. The highest BCUT2D eigenvalue weighted by atomic mass is 35.5. The Morgan fingerprint density at radius 3 is 2.48 bits per heavy atom. The third kappa shape index (κ3) is 5.85. The van der Waals surface area contributed by atoms with Crippen molar-refractivity contribution in [2.24, 2.45) is 0 Å². The number of aromatic nitrogens is 4. The molecule has 0 aliphatic carbocycles. The van der Waals surface area contributed by atoms with Crippen LogP contribution in [0.2, 0.25) is 15.1 Å². The molecule has 29 heavy (non-hydrogen) atoms. The van der Waals surface area contributed by atoms with Crippen molar-refractivity contribution in [3.63, 3.8) is 0 Å². The molecule has 0 fully saturated rings. The molecule has 0 atom stereocenters. The quantitative estimate of drug-likeness (QED) is 0.372. The van der Waals surface area contributed by atoms with Gasteiger partial charge >= 0.3 is 0 Å². The normalized spacial score (nSPS) is 10.9. The molecule has 0 amide bonds. The summed E-state index contributed by atoms with van der Waals surface area (Å²) in [5, 5.41) is 17.1. The van der Waals surface area contributed by atoms with Gasteiger partial charge < -0.3 is 10.6 Å². The molecule has 0 spiro atoms. The molecule has 1 aromatic carbocycles. The summed E-state index contributed by atoms with van der Waals surface area (Å²) in [6.45, 7) is 5.97. The monoisotopic (exact) mass is 470 g/mol. The van der Waals surface area contributed by atoms with Crippen molar-refractivity contribution in [2.45, 2.75) is 33.4 Å². The summed E-state index contributed by atoms with van der Waals surface area (Å²) in [6, 6.07) is 7.44. The Morgan fingerprint density at radius 2 is 1.83 bits per heavy atom. The van der Waals surface area contributed by atoms with Gasteiger partial charge in [-0.25, -0.2) is 0 Å². The fourth-order valence-corrected chi connectivity index (χ4v) is 3.81. The number of rotatable bonds is 7. The smallest absolute Gasteiger partial charge is 0.173 e. The van der Waals surface area contributed by atoms with Crippen LogP contribution in [0.25, 0.3) is 0 Å². The Kier molecular flexibility index (Phi) is 7.40. The van der Waals surface area contributed by atoms with Gasteiger partial charge in [0.05, 0.1) is 12.2 Å². The molecule has 3 rings (SSSR count). The number of nitrogens with one attached hydrogen (secondary N) is 2. The number of hydrogen-bond acceptors (Lipinski definition) is 3. The number of halogens is 3. The van der Waals surface area contributed by atoms with Gasteiger partial charge in [0.2, 0.25) is 0 Å². The van der Waals surface area contributed by atoms with E-state index in [2.05, 4.69) is 26.9 Å². The Morgan fingerprint density at radius 1 is 1.10 bits per heavy atom. The first-order chi connectivity index (χ1) is 13.8. The molecule has 0 bridgehead atoms. The minimum atomic E-state index is 0.405. The van der Waals surface area contributed by atoms with Crippen LogP contribution in [-0.2, 0) is 13.1 Å². The summed E-state index contributed by atoms with van der Waals surface area (Å²) in [7, 11) is 0. The molecule has 0 saturated heterocycles. The minimum Gasteiger partial charge on any atom is -0.362 e. The van der Waals surface area contributed by atoms with Crippen LogP contribution in [0, 0.1) is 13.8 Å². The average Bonchev–Trinajstić information content (AvgIpc) is 3.16. The van der Waals surface area contributed by atoms with Crippen molar-refractivity contribution in [2.75, 3.05) is 11.9 Å². The van der Waals surface area contributed by atoms with Crippen LogP contribution in [0.1, 0.15) is 23.4 Å². The van der Waals surface area contributed by atoms with Crippen LogP contribution in [0.3, 0.4) is 0 Å². The Labute approximate surface area is 190 Å². The molecule has 0 unspecified atom stereocenters. The summed E-state index contributed by atoms with van der Waals surface area (Å²) in [4.78, 5) is 0. The fourth-order valence-electron chi connectivity index (χ4n) is 2.89. The second-order valence-corrected chi connectivity index (χ2v) is 8.24. The molecule has 0 radical (unpaired) electrons. The maximum Gasteiger partial charge on any atom is 0.173 e. The van der Waals surface area contributed by atoms with Crippen molar-refractivity contribution < 1.29 is 0 Å². The zero-order chi connectivity index (χ0) is 21.0. The first kappa shape index (κ1) is 21.9. The minimum absolute atomic E-state index is 0.405. The first-order valence-electron chi connectivity index (χ1n) is 9.05. The highest BCUT2D eigenvalue weighted by Crippen LogP contribution is 2.26. The van der Waals surface area contributed by atoms with E-state index in [4.69, 9.17) is 47.0 Å². The van der Waals surface area contributed by atoms with E-state index in [-0.39, 0.29) is 0 Å². The lowest BCUT2D eigenvalue weighted by molar-refractivity contribution is 0.558. The number of thiocarbonyl (C=S) groups is 1. The molecule has 0 aliphatic rings. The van der Waals surface area contributed by atoms with Gasteiger partial charge in [0.25, 0.3) is 0 Å². The lowest BCUT2D eigenvalue weighted by atomic mass is 10.2. The predicted octanol–water partition coefficient (Wildman–Crippen LogP) is 5.08. The average molecular weight is 472 g/mol. The fraction of sp³-hybridized carbons (Fsp3) is 0.316. The highest BCUT2D eigenvalue weighted by Gasteiger charge is 2.12. The van der Waals surface area contributed by atoms with Crippen LogP contribution in [0.5, 0.6) is 0 Å². The number of nitrogens with zero attached hydrogens (tertiary/aromatic N) is 4. The van der Waals surface area contributed by atoms with Gasteiger partial charge in [-0.15, -0.1) is 0 Å². The van der Waals surface area contributed by atoms with Gasteiger partial charge in [-0.2, -0.15) is 10.2 Å². The van der Waals surface area contributed by atoms with E-state index in [0.29, 0.717) is 39.1 Å². The van der Waals surface area contributed by atoms with E-state index >= 15 is 0 Å². The van der Waals surface area contributed by atoms with E-state index < -0.39 is 0 Å². The van der Waals surface area contributed by atoms with Crippen LogP contribution >= 0.6 is 47.0 Å². The molecule has 2 N–H and O–H groups in total. The van der Waals surface area contributed by atoms with Crippen LogP contribution in [-0.4, -0.2) is 31.2 Å². The van der Waals surface area contributed by atoms with Crippen molar-refractivity contribution in [1.29, 1.82) is 0 Å². The molecular formula is C19H21Cl3N6S. The van der Waals surface area contributed by atoms with Gasteiger partial charge in [0.1, 0.15) is 5.02 Å². The summed E-state index contributed by atoms with van der Waals surface area (Å²) in [6.07, 6.45) is 2.59. The van der Waals surface area contributed by atoms with E-state index in [9.17, 15) is 0 Å². The van der Waals surface area contributed by atoms with E-state index in [1.807, 2.05) is 18.5 Å². The van der Waals surface area contributed by atoms with E-state index in [1.165, 1.54) is 0 Å². The maximum absolute atomic E-state index is 6.29. The van der Waals surface area contributed by atoms with Gasteiger partial charge in [-0.1, -0.05) is 40.9 Å². The number of benzene rings is 1. The topological polar surface area (TPSA) is 59.7 Å². The first-order valence-corrected chi connectivity index (χ1v) is 10.6. The molecule has 154 valence electrons. The third-order valence-corrected chi connectivity index (χ3v) is 5.50. The standard InChI is InChI=1S/C19H21Cl3N6S/c1-12-9-13(2)28(25-12)8-4-7-23-19(29)24-18-17(22)11-27(26-18)10-14-15(20)5-3-6-16(14)21/h3,5-6,9,11H,4,7-8,10H2,1-2H3,(H2,23,24,26,29).